The third kappa shape index (κ3) is 3.74. The Morgan fingerprint density at radius 1 is 0.722 bits per heavy atom. The summed E-state index contributed by atoms with van der Waals surface area (Å²) in [5.41, 5.74) is 2.86. The van der Waals surface area contributed by atoms with Gasteiger partial charge in [0.15, 0.2) is 0 Å². The van der Waals surface area contributed by atoms with Gasteiger partial charge in [0.1, 0.15) is 0 Å². The molecule has 0 N–H and O–H groups in total. The van der Waals surface area contributed by atoms with E-state index in [-0.39, 0.29) is 0 Å². The summed E-state index contributed by atoms with van der Waals surface area (Å²) in [5.74, 6) is 0. The molecule has 0 saturated heterocycles. The molecule has 92 valence electrons. The van der Waals surface area contributed by atoms with Gasteiger partial charge in [-0.3, -0.25) is 0 Å². The van der Waals surface area contributed by atoms with Gasteiger partial charge in [0, 0.05) is 5.33 Å². The van der Waals surface area contributed by atoms with Crippen molar-refractivity contribution in [2.75, 3.05) is 5.33 Å². The van der Waals surface area contributed by atoms with Gasteiger partial charge in [-0.25, -0.2) is 0 Å². The molecular weight excluding hydrogens is 283 g/mol. The molecule has 0 nitrogen and oxygen atoms in total. The molecular formula is C16H18BBr. The van der Waals surface area contributed by atoms with E-state index in [0.29, 0.717) is 6.71 Å². The largest absolute Gasteiger partial charge is 0.209 e. The second-order valence-corrected chi connectivity index (χ2v) is 5.35. The van der Waals surface area contributed by atoms with E-state index >= 15 is 0 Å². The fourth-order valence-electron chi connectivity index (χ4n) is 2.34. The lowest BCUT2D eigenvalue weighted by Gasteiger charge is -2.14. The maximum atomic E-state index is 3.51. The molecule has 0 heterocycles. The van der Waals surface area contributed by atoms with E-state index in [1.807, 2.05) is 0 Å². The van der Waals surface area contributed by atoms with Crippen LogP contribution in [0.15, 0.2) is 60.7 Å². The van der Waals surface area contributed by atoms with Crippen LogP contribution in [0.4, 0.5) is 0 Å². The highest BCUT2D eigenvalue weighted by atomic mass is 79.9. The van der Waals surface area contributed by atoms with Crippen LogP contribution in [0.1, 0.15) is 12.8 Å². The lowest BCUT2D eigenvalue weighted by molar-refractivity contribution is 0.893. The molecule has 0 saturated carbocycles. The molecule has 0 aliphatic carbocycles. The number of rotatable bonds is 6. The average Bonchev–Trinajstić information content (AvgIpc) is 2.46. The molecule has 0 amide bonds. The molecule has 0 bridgehead atoms. The van der Waals surface area contributed by atoms with Crippen molar-refractivity contribution in [3.63, 3.8) is 0 Å². The lowest BCUT2D eigenvalue weighted by Crippen LogP contribution is -2.41. The van der Waals surface area contributed by atoms with Crippen molar-refractivity contribution in [3.8, 4) is 0 Å². The molecule has 0 aliphatic rings. The summed E-state index contributed by atoms with van der Waals surface area (Å²) in [5, 5.41) is 1.10. The Kier molecular flexibility index (Phi) is 5.54. The summed E-state index contributed by atoms with van der Waals surface area (Å²) in [6.45, 7) is 0.534. The molecule has 0 aromatic heterocycles. The third-order valence-corrected chi connectivity index (χ3v) is 3.84. The van der Waals surface area contributed by atoms with Crippen molar-refractivity contribution in [2.24, 2.45) is 0 Å². The van der Waals surface area contributed by atoms with Crippen molar-refractivity contribution >= 4 is 33.6 Å². The summed E-state index contributed by atoms with van der Waals surface area (Å²) in [6, 6.07) is 21.7. The van der Waals surface area contributed by atoms with Crippen LogP contribution >= 0.6 is 15.9 Å². The monoisotopic (exact) mass is 300 g/mol. The van der Waals surface area contributed by atoms with Crippen LogP contribution in [0.2, 0.25) is 6.32 Å². The van der Waals surface area contributed by atoms with Gasteiger partial charge in [0.25, 0.3) is 0 Å². The van der Waals surface area contributed by atoms with E-state index < -0.39 is 0 Å². The predicted octanol–water partition coefficient (Wildman–Crippen LogP) is 3.47. The topological polar surface area (TPSA) is 0 Å². The van der Waals surface area contributed by atoms with Gasteiger partial charge in [-0.15, -0.1) is 0 Å². The van der Waals surface area contributed by atoms with Gasteiger partial charge in [-0.2, -0.15) is 0 Å². The first-order valence-electron chi connectivity index (χ1n) is 6.57. The van der Waals surface area contributed by atoms with Crippen LogP contribution in [0, 0.1) is 0 Å². The fourth-order valence-corrected chi connectivity index (χ4v) is 2.74. The first-order valence-corrected chi connectivity index (χ1v) is 7.70. The first kappa shape index (κ1) is 13.4. The normalized spacial score (nSPS) is 10.3. The molecule has 18 heavy (non-hydrogen) atoms. The highest BCUT2D eigenvalue weighted by molar-refractivity contribution is 9.09. The zero-order chi connectivity index (χ0) is 12.6. The van der Waals surface area contributed by atoms with Crippen LogP contribution in [0.25, 0.3) is 0 Å². The van der Waals surface area contributed by atoms with E-state index in [9.17, 15) is 0 Å². The quantitative estimate of drug-likeness (QED) is 0.435. The maximum absolute atomic E-state index is 3.51. The standard InChI is InChI=1S/C16H18BBr/c18-14-8-7-13-17(15-9-3-1-4-10-15)16-11-5-2-6-12-16/h1-6,9-12H,7-8,13-14H2. The Balaban J connectivity index is 2.18. The Labute approximate surface area is 119 Å². The number of benzene rings is 2. The molecule has 0 fully saturated rings. The molecule has 0 unspecified atom stereocenters. The van der Waals surface area contributed by atoms with Crippen LogP contribution in [0.5, 0.6) is 0 Å². The average molecular weight is 301 g/mol. The van der Waals surface area contributed by atoms with Crippen LogP contribution in [0.3, 0.4) is 0 Å². The number of hydrogen-bond acceptors (Lipinski definition) is 0. The molecule has 0 radical (unpaired) electrons. The number of halogens is 1. The second-order valence-electron chi connectivity index (χ2n) is 4.56. The third-order valence-electron chi connectivity index (χ3n) is 3.28. The predicted molar refractivity (Wildman–Crippen MR) is 85.7 cm³/mol. The Bertz CT molecular complexity index is 402. The van der Waals surface area contributed by atoms with Crippen molar-refractivity contribution < 1.29 is 0 Å². The van der Waals surface area contributed by atoms with Gasteiger partial charge < -0.3 is 0 Å². The number of unbranched alkanes of at least 4 members (excludes halogenated alkanes) is 1. The smallest absolute Gasteiger partial charge is 0.0928 e. The van der Waals surface area contributed by atoms with Gasteiger partial charge in [0.05, 0.1) is 0 Å². The van der Waals surface area contributed by atoms with Gasteiger partial charge >= 0.3 is 0 Å². The second kappa shape index (κ2) is 7.43. The minimum atomic E-state index is 0.534. The van der Waals surface area contributed by atoms with Crippen molar-refractivity contribution in [1.29, 1.82) is 0 Å². The zero-order valence-corrected chi connectivity index (χ0v) is 12.1. The maximum Gasteiger partial charge on any atom is 0.209 e. The van der Waals surface area contributed by atoms with E-state index in [1.165, 1.54) is 30.1 Å². The molecule has 2 aromatic rings. The fraction of sp³-hybridized carbons (Fsp3) is 0.250. The van der Waals surface area contributed by atoms with E-state index in [1.54, 1.807) is 0 Å². The number of hydrogen-bond donors (Lipinski definition) is 0. The molecule has 0 aliphatic heterocycles. The molecule has 2 rings (SSSR count). The van der Waals surface area contributed by atoms with Crippen LogP contribution in [-0.4, -0.2) is 12.0 Å². The minimum absolute atomic E-state index is 0.534. The summed E-state index contributed by atoms with van der Waals surface area (Å²) in [4.78, 5) is 0. The highest BCUT2D eigenvalue weighted by Gasteiger charge is 2.17. The first-order chi connectivity index (χ1) is 8.92. The van der Waals surface area contributed by atoms with Crippen LogP contribution < -0.4 is 10.9 Å². The van der Waals surface area contributed by atoms with Gasteiger partial charge in [-0.05, 0) is 6.42 Å². The molecule has 0 atom stereocenters. The van der Waals surface area contributed by atoms with Crippen LogP contribution in [-0.2, 0) is 0 Å². The highest BCUT2D eigenvalue weighted by Crippen LogP contribution is 2.05. The molecule has 2 heteroatoms. The summed E-state index contributed by atoms with van der Waals surface area (Å²) >= 11 is 3.51. The van der Waals surface area contributed by atoms with Gasteiger partial charge in [-0.1, -0.05) is 100 Å². The molecule has 2 aromatic carbocycles. The summed E-state index contributed by atoms with van der Waals surface area (Å²) < 4.78 is 0. The Morgan fingerprint density at radius 2 is 1.22 bits per heavy atom. The minimum Gasteiger partial charge on any atom is -0.0928 e. The van der Waals surface area contributed by atoms with Gasteiger partial charge in [0.2, 0.25) is 6.71 Å². The van der Waals surface area contributed by atoms with Crippen molar-refractivity contribution in [3.05, 3.63) is 60.7 Å². The SMILES string of the molecule is BrCCCCB(c1ccccc1)c1ccccc1. The zero-order valence-electron chi connectivity index (χ0n) is 10.6. The lowest BCUT2D eigenvalue weighted by atomic mass is 9.38. The molecule has 0 spiro atoms. The Hall–Kier alpha value is -1.02. The summed E-state index contributed by atoms with van der Waals surface area (Å²) in [7, 11) is 0. The van der Waals surface area contributed by atoms with Crippen molar-refractivity contribution in [1.82, 2.24) is 0 Å². The van der Waals surface area contributed by atoms with Crippen molar-refractivity contribution in [2.45, 2.75) is 19.2 Å². The van der Waals surface area contributed by atoms with E-state index in [0.717, 1.165) is 5.33 Å². The number of alkyl halides is 1. The van der Waals surface area contributed by atoms with E-state index in [4.69, 9.17) is 0 Å². The Morgan fingerprint density at radius 3 is 1.67 bits per heavy atom. The van der Waals surface area contributed by atoms with E-state index in [2.05, 4.69) is 76.6 Å². The summed E-state index contributed by atoms with van der Waals surface area (Å²) in [6.07, 6.45) is 3.73.